The van der Waals surface area contributed by atoms with Gasteiger partial charge in [-0.2, -0.15) is 18.3 Å². The second-order valence-corrected chi connectivity index (χ2v) is 8.00. The molecule has 0 unspecified atom stereocenters. The van der Waals surface area contributed by atoms with Gasteiger partial charge in [0.25, 0.3) is 5.91 Å². The number of halogens is 4. The molecule has 1 aliphatic rings. The van der Waals surface area contributed by atoms with Crippen LogP contribution in [0.3, 0.4) is 0 Å². The van der Waals surface area contributed by atoms with Crippen LogP contribution in [-0.2, 0) is 6.18 Å². The number of benzene rings is 1. The van der Waals surface area contributed by atoms with Gasteiger partial charge in [0.1, 0.15) is 0 Å². The molecule has 1 fully saturated rings. The molecule has 2 aromatic heterocycles. The standard InChI is InChI=1S/C19H17BrF3N5O/c1-26-6-8-27(9-7-26)18(29)15-11-17-24-14(12-2-4-13(20)5-3-12)10-16(19(21,22)23)28(17)25-15/h2-5,10-11H,6-9H2,1H3/p+1. The molecule has 1 aromatic carbocycles. The van der Waals surface area contributed by atoms with E-state index in [-0.39, 0.29) is 22.9 Å². The van der Waals surface area contributed by atoms with E-state index in [1.807, 2.05) is 7.05 Å². The molecule has 152 valence electrons. The van der Waals surface area contributed by atoms with E-state index in [4.69, 9.17) is 0 Å². The smallest absolute Gasteiger partial charge is 0.334 e. The molecule has 6 nitrogen and oxygen atoms in total. The van der Waals surface area contributed by atoms with E-state index >= 15 is 0 Å². The summed E-state index contributed by atoms with van der Waals surface area (Å²) < 4.78 is 42.6. The molecular weight excluding hydrogens is 451 g/mol. The number of fused-ring (bicyclic) bond motifs is 1. The Morgan fingerprint density at radius 1 is 1.14 bits per heavy atom. The third-order valence-corrected chi connectivity index (χ3v) is 5.51. The fourth-order valence-electron chi connectivity index (χ4n) is 3.30. The lowest BCUT2D eigenvalue weighted by Gasteiger charge is -2.29. The number of rotatable bonds is 2. The first-order valence-electron chi connectivity index (χ1n) is 9.07. The second-order valence-electron chi connectivity index (χ2n) is 7.08. The van der Waals surface area contributed by atoms with Crippen LogP contribution in [0.25, 0.3) is 16.9 Å². The first-order valence-corrected chi connectivity index (χ1v) is 9.86. The maximum Gasteiger partial charge on any atom is 0.433 e. The van der Waals surface area contributed by atoms with Gasteiger partial charge in [-0.25, -0.2) is 9.50 Å². The molecule has 0 radical (unpaired) electrons. The summed E-state index contributed by atoms with van der Waals surface area (Å²) in [6.45, 7) is 2.67. The van der Waals surface area contributed by atoms with Gasteiger partial charge < -0.3 is 9.80 Å². The zero-order chi connectivity index (χ0) is 20.8. The number of quaternary nitrogens is 1. The second kappa shape index (κ2) is 7.42. The predicted molar refractivity (Wildman–Crippen MR) is 104 cm³/mol. The largest absolute Gasteiger partial charge is 0.433 e. The van der Waals surface area contributed by atoms with Crippen molar-refractivity contribution in [3.05, 3.63) is 52.3 Å². The average Bonchev–Trinajstić information content (AvgIpc) is 3.11. The zero-order valence-corrected chi connectivity index (χ0v) is 17.1. The Bertz CT molecular complexity index is 1060. The van der Waals surface area contributed by atoms with Crippen LogP contribution < -0.4 is 4.90 Å². The third-order valence-electron chi connectivity index (χ3n) is 4.98. The maximum absolute atomic E-state index is 13.7. The van der Waals surface area contributed by atoms with Crippen LogP contribution in [0.5, 0.6) is 0 Å². The molecule has 0 bridgehead atoms. The fraction of sp³-hybridized carbons (Fsp3) is 0.316. The zero-order valence-electron chi connectivity index (χ0n) is 15.5. The lowest BCUT2D eigenvalue weighted by atomic mass is 10.1. The summed E-state index contributed by atoms with van der Waals surface area (Å²) in [6.07, 6.45) is -4.64. The van der Waals surface area contributed by atoms with E-state index in [1.54, 1.807) is 29.2 Å². The Kier molecular flexibility index (Phi) is 5.07. The highest BCUT2D eigenvalue weighted by Gasteiger charge is 2.36. The van der Waals surface area contributed by atoms with Gasteiger partial charge in [0.05, 0.1) is 38.9 Å². The lowest BCUT2D eigenvalue weighted by Crippen LogP contribution is -3.12. The molecule has 1 aliphatic heterocycles. The van der Waals surface area contributed by atoms with Gasteiger partial charge in [-0.1, -0.05) is 28.1 Å². The Morgan fingerprint density at radius 3 is 2.41 bits per heavy atom. The minimum absolute atomic E-state index is 0.0131. The van der Waals surface area contributed by atoms with Crippen molar-refractivity contribution in [2.45, 2.75) is 6.18 Å². The number of amides is 1. The van der Waals surface area contributed by atoms with Crippen molar-refractivity contribution in [2.75, 3.05) is 33.2 Å². The Morgan fingerprint density at radius 2 is 1.79 bits per heavy atom. The molecule has 0 atom stereocenters. The fourth-order valence-corrected chi connectivity index (χ4v) is 3.57. The van der Waals surface area contributed by atoms with Crippen LogP contribution >= 0.6 is 15.9 Å². The van der Waals surface area contributed by atoms with Crippen molar-refractivity contribution in [3.8, 4) is 11.3 Å². The summed E-state index contributed by atoms with van der Waals surface area (Å²) in [4.78, 5) is 20.0. The Balaban J connectivity index is 1.78. The molecule has 0 spiro atoms. The quantitative estimate of drug-likeness (QED) is 0.626. The lowest BCUT2D eigenvalue weighted by molar-refractivity contribution is -0.883. The van der Waals surface area contributed by atoms with Crippen molar-refractivity contribution in [1.82, 2.24) is 19.5 Å². The van der Waals surface area contributed by atoms with Gasteiger partial charge in [-0.3, -0.25) is 4.79 Å². The molecule has 4 rings (SSSR count). The van der Waals surface area contributed by atoms with E-state index in [2.05, 4.69) is 26.0 Å². The number of likely N-dealkylation sites (N-methyl/N-ethyl adjacent to an activating group) is 1. The van der Waals surface area contributed by atoms with Crippen LogP contribution in [-0.4, -0.2) is 58.6 Å². The van der Waals surface area contributed by atoms with Crippen molar-refractivity contribution in [3.63, 3.8) is 0 Å². The SMILES string of the molecule is C[NH+]1CCN(C(=O)c2cc3nc(-c4ccc(Br)cc4)cc(C(F)(F)F)n3n2)CC1. The van der Waals surface area contributed by atoms with Crippen LogP contribution in [0, 0.1) is 0 Å². The molecule has 0 aliphatic carbocycles. The minimum atomic E-state index is -4.64. The summed E-state index contributed by atoms with van der Waals surface area (Å²) in [5.74, 6) is -0.374. The average molecular weight is 469 g/mol. The van der Waals surface area contributed by atoms with E-state index < -0.39 is 11.9 Å². The number of carbonyl (C=O) groups excluding carboxylic acids is 1. The van der Waals surface area contributed by atoms with Gasteiger partial charge in [0.2, 0.25) is 0 Å². The first kappa shape index (κ1) is 19.8. The van der Waals surface area contributed by atoms with E-state index in [0.29, 0.717) is 23.2 Å². The Hall–Kier alpha value is -2.46. The van der Waals surface area contributed by atoms with Gasteiger partial charge in [0.15, 0.2) is 17.0 Å². The monoisotopic (exact) mass is 468 g/mol. The predicted octanol–water partition coefficient (Wildman–Crippen LogP) is 2.15. The molecule has 0 saturated carbocycles. The van der Waals surface area contributed by atoms with E-state index in [1.165, 1.54) is 11.0 Å². The number of hydrogen-bond donors (Lipinski definition) is 1. The van der Waals surface area contributed by atoms with Crippen LogP contribution in [0.4, 0.5) is 13.2 Å². The molecule has 3 aromatic rings. The van der Waals surface area contributed by atoms with Gasteiger partial charge >= 0.3 is 6.18 Å². The van der Waals surface area contributed by atoms with Crippen molar-refractivity contribution in [2.24, 2.45) is 0 Å². The molecule has 29 heavy (non-hydrogen) atoms. The summed E-state index contributed by atoms with van der Waals surface area (Å²) in [5.41, 5.74) is -0.310. The van der Waals surface area contributed by atoms with Gasteiger partial charge in [-0.05, 0) is 18.2 Å². The minimum Gasteiger partial charge on any atom is -0.334 e. The van der Waals surface area contributed by atoms with Crippen molar-refractivity contribution in [1.29, 1.82) is 0 Å². The number of alkyl halides is 3. The molecule has 1 amide bonds. The highest BCUT2D eigenvalue weighted by molar-refractivity contribution is 9.10. The summed E-state index contributed by atoms with van der Waals surface area (Å²) in [7, 11) is 2.04. The number of hydrogen-bond acceptors (Lipinski definition) is 3. The van der Waals surface area contributed by atoms with Crippen molar-refractivity contribution < 1.29 is 22.9 Å². The molecule has 10 heteroatoms. The summed E-state index contributed by atoms with van der Waals surface area (Å²) >= 11 is 3.31. The molecular formula is C19H18BrF3N5O+. The summed E-state index contributed by atoms with van der Waals surface area (Å²) in [6, 6.07) is 9.10. The van der Waals surface area contributed by atoms with Crippen LogP contribution in [0.15, 0.2) is 40.9 Å². The van der Waals surface area contributed by atoms with Crippen LogP contribution in [0.2, 0.25) is 0 Å². The molecule has 1 saturated heterocycles. The number of nitrogens with one attached hydrogen (secondary N) is 1. The number of carbonyl (C=O) groups is 1. The van der Waals surface area contributed by atoms with E-state index in [9.17, 15) is 18.0 Å². The molecule has 1 N–H and O–H groups in total. The highest BCUT2D eigenvalue weighted by Crippen LogP contribution is 2.32. The maximum atomic E-state index is 13.7. The molecule has 3 heterocycles. The van der Waals surface area contributed by atoms with Crippen LogP contribution in [0.1, 0.15) is 16.2 Å². The Labute approximate surface area is 173 Å². The first-order chi connectivity index (χ1) is 13.7. The summed E-state index contributed by atoms with van der Waals surface area (Å²) in [5, 5.41) is 3.95. The van der Waals surface area contributed by atoms with Gasteiger partial charge in [0, 0.05) is 16.1 Å². The van der Waals surface area contributed by atoms with E-state index in [0.717, 1.165) is 23.6 Å². The van der Waals surface area contributed by atoms with Gasteiger partial charge in [-0.15, -0.1) is 0 Å². The number of aromatic nitrogens is 3. The topological polar surface area (TPSA) is 54.9 Å². The number of nitrogens with zero attached hydrogens (tertiary/aromatic N) is 4. The third kappa shape index (κ3) is 3.99. The number of piperazine rings is 1. The van der Waals surface area contributed by atoms with Crippen molar-refractivity contribution >= 4 is 27.5 Å². The highest BCUT2D eigenvalue weighted by atomic mass is 79.9. The normalized spacial score (nSPS) is 15.8.